The Morgan fingerprint density at radius 1 is 1.23 bits per heavy atom. The molecule has 0 fully saturated rings. The predicted octanol–water partition coefficient (Wildman–Crippen LogP) is 3.85. The number of aryl methyl sites for hydroxylation is 1. The van der Waals surface area contributed by atoms with E-state index in [0.717, 1.165) is 24.4 Å². The molecular weight excluding hydrogens is 345 g/mol. The third-order valence-corrected chi connectivity index (χ3v) is 4.56. The molecule has 1 aliphatic heterocycles. The third-order valence-electron chi connectivity index (χ3n) is 4.56. The first-order valence-electron chi connectivity index (χ1n) is 8.53. The minimum absolute atomic E-state index is 0.0622. The summed E-state index contributed by atoms with van der Waals surface area (Å²) in [6, 6.07) is 4.40. The van der Waals surface area contributed by atoms with Crippen LogP contribution in [0.4, 0.5) is 13.2 Å². The number of benzene rings is 1. The van der Waals surface area contributed by atoms with Crippen LogP contribution in [0.5, 0.6) is 0 Å². The molecule has 5 nitrogen and oxygen atoms in total. The second kappa shape index (κ2) is 6.74. The number of hydrogen-bond donors (Lipinski definition) is 0. The van der Waals surface area contributed by atoms with Crippen LogP contribution in [0.15, 0.2) is 24.3 Å². The van der Waals surface area contributed by atoms with E-state index in [1.165, 1.54) is 12.1 Å². The molecule has 1 aromatic carbocycles. The van der Waals surface area contributed by atoms with Gasteiger partial charge in [0.05, 0.1) is 18.2 Å². The van der Waals surface area contributed by atoms with Crippen molar-refractivity contribution in [3.8, 4) is 0 Å². The maximum atomic E-state index is 12.8. The maximum absolute atomic E-state index is 12.8. The minimum atomic E-state index is -4.41. The van der Waals surface area contributed by atoms with Gasteiger partial charge in [-0.3, -0.25) is 4.79 Å². The third kappa shape index (κ3) is 3.59. The molecule has 0 radical (unpaired) electrons. The van der Waals surface area contributed by atoms with E-state index >= 15 is 0 Å². The molecule has 0 spiro atoms. The van der Waals surface area contributed by atoms with Gasteiger partial charge in [-0.05, 0) is 43.5 Å². The highest BCUT2D eigenvalue weighted by Gasteiger charge is 2.33. The molecule has 0 aliphatic carbocycles. The van der Waals surface area contributed by atoms with E-state index in [1.807, 2.05) is 6.92 Å². The molecule has 2 heterocycles. The van der Waals surface area contributed by atoms with E-state index in [-0.39, 0.29) is 17.5 Å². The van der Waals surface area contributed by atoms with Crippen molar-refractivity contribution in [3.63, 3.8) is 0 Å². The van der Waals surface area contributed by atoms with E-state index in [0.29, 0.717) is 24.8 Å². The summed E-state index contributed by atoms with van der Waals surface area (Å²) >= 11 is 0. The molecule has 0 unspecified atom stereocenters. The van der Waals surface area contributed by atoms with Crippen LogP contribution < -0.4 is 0 Å². The van der Waals surface area contributed by atoms with E-state index in [9.17, 15) is 18.0 Å². The standard InChI is InChI=1S/C18H21F3N4O/c1-11(2)8-15-9-24(10-16-23-22-12(3)25(15)16)17(26)13-4-6-14(7-5-13)18(19,20)21/h4-7,11,15H,8-10H2,1-3H3/t15-/m0/s1. The van der Waals surface area contributed by atoms with Crippen LogP contribution in [-0.2, 0) is 12.7 Å². The number of rotatable bonds is 3. The summed E-state index contributed by atoms with van der Waals surface area (Å²) in [5, 5.41) is 8.27. The fourth-order valence-electron chi connectivity index (χ4n) is 3.43. The lowest BCUT2D eigenvalue weighted by atomic mass is 10.0. The van der Waals surface area contributed by atoms with Gasteiger partial charge in [0.1, 0.15) is 5.82 Å². The Labute approximate surface area is 149 Å². The minimum Gasteiger partial charge on any atom is -0.329 e. The number of carbonyl (C=O) groups excluding carboxylic acids is 1. The lowest BCUT2D eigenvalue weighted by molar-refractivity contribution is -0.137. The average molecular weight is 366 g/mol. The molecule has 1 amide bonds. The summed E-state index contributed by atoms with van der Waals surface area (Å²) in [4.78, 5) is 14.4. The van der Waals surface area contributed by atoms with E-state index in [4.69, 9.17) is 0 Å². The molecule has 3 rings (SSSR count). The zero-order valence-corrected chi connectivity index (χ0v) is 14.9. The Balaban J connectivity index is 1.84. The Morgan fingerprint density at radius 2 is 1.88 bits per heavy atom. The van der Waals surface area contributed by atoms with Crippen LogP contribution in [0.1, 0.15) is 53.9 Å². The number of fused-ring (bicyclic) bond motifs is 1. The van der Waals surface area contributed by atoms with Gasteiger partial charge in [0.25, 0.3) is 5.91 Å². The van der Waals surface area contributed by atoms with Gasteiger partial charge in [-0.25, -0.2) is 0 Å². The maximum Gasteiger partial charge on any atom is 0.416 e. The fourth-order valence-corrected chi connectivity index (χ4v) is 3.43. The van der Waals surface area contributed by atoms with Crippen LogP contribution in [0.2, 0.25) is 0 Å². The van der Waals surface area contributed by atoms with Crippen molar-refractivity contribution in [3.05, 3.63) is 47.0 Å². The lowest BCUT2D eigenvalue weighted by Gasteiger charge is -2.35. The highest BCUT2D eigenvalue weighted by atomic mass is 19.4. The van der Waals surface area contributed by atoms with Crippen LogP contribution in [0.25, 0.3) is 0 Å². The average Bonchev–Trinajstić information content (AvgIpc) is 2.94. The first-order chi connectivity index (χ1) is 12.2. The van der Waals surface area contributed by atoms with Gasteiger partial charge < -0.3 is 9.47 Å². The molecule has 0 bridgehead atoms. The van der Waals surface area contributed by atoms with Crippen molar-refractivity contribution in [1.82, 2.24) is 19.7 Å². The molecule has 8 heteroatoms. The van der Waals surface area contributed by atoms with Crippen LogP contribution >= 0.6 is 0 Å². The summed E-state index contributed by atoms with van der Waals surface area (Å²) in [7, 11) is 0. The molecule has 1 aliphatic rings. The quantitative estimate of drug-likeness (QED) is 0.829. The van der Waals surface area contributed by atoms with Gasteiger partial charge in [-0.2, -0.15) is 13.2 Å². The largest absolute Gasteiger partial charge is 0.416 e. The SMILES string of the molecule is Cc1nnc2n1[C@@H](CC(C)C)CN(C(=O)c1ccc(C(F)(F)F)cc1)C2. The number of halogens is 3. The molecule has 0 N–H and O–H groups in total. The van der Waals surface area contributed by atoms with Gasteiger partial charge in [0.15, 0.2) is 5.82 Å². The summed E-state index contributed by atoms with van der Waals surface area (Å²) < 4.78 is 40.2. The van der Waals surface area contributed by atoms with Crippen LogP contribution in [0.3, 0.4) is 0 Å². The molecule has 1 atom stereocenters. The van der Waals surface area contributed by atoms with E-state index in [2.05, 4.69) is 28.6 Å². The van der Waals surface area contributed by atoms with Crippen molar-refractivity contribution in [2.45, 2.75) is 46.0 Å². The summed E-state index contributed by atoms with van der Waals surface area (Å²) in [6.07, 6.45) is -3.55. The highest BCUT2D eigenvalue weighted by molar-refractivity contribution is 5.94. The molecule has 140 valence electrons. The second-order valence-corrected chi connectivity index (χ2v) is 7.08. The fraction of sp³-hybridized carbons (Fsp3) is 0.500. The molecular formula is C18H21F3N4O. The van der Waals surface area contributed by atoms with Crippen molar-refractivity contribution < 1.29 is 18.0 Å². The van der Waals surface area contributed by atoms with Crippen molar-refractivity contribution >= 4 is 5.91 Å². The van der Waals surface area contributed by atoms with Crippen molar-refractivity contribution in [2.75, 3.05) is 6.54 Å². The Hall–Kier alpha value is -2.38. The normalized spacial score (nSPS) is 17.5. The number of hydrogen-bond acceptors (Lipinski definition) is 3. The van der Waals surface area contributed by atoms with Gasteiger partial charge in [-0.15, -0.1) is 10.2 Å². The summed E-state index contributed by atoms with van der Waals surface area (Å²) in [6.45, 7) is 6.89. The van der Waals surface area contributed by atoms with E-state index < -0.39 is 11.7 Å². The van der Waals surface area contributed by atoms with Gasteiger partial charge >= 0.3 is 6.18 Å². The second-order valence-electron chi connectivity index (χ2n) is 7.08. The molecule has 2 aromatic rings. The Kier molecular flexibility index (Phi) is 4.77. The van der Waals surface area contributed by atoms with Crippen molar-refractivity contribution in [2.24, 2.45) is 5.92 Å². The number of aromatic nitrogens is 3. The summed E-state index contributed by atoms with van der Waals surface area (Å²) in [5.41, 5.74) is -0.522. The first kappa shape index (κ1) is 18.4. The number of nitrogens with zero attached hydrogens (tertiary/aromatic N) is 4. The van der Waals surface area contributed by atoms with Crippen LogP contribution in [0, 0.1) is 12.8 Å². The van der Waals surface area contributed by atoms with Crippen molar-refractivity contribution in [1.29, 1.82) is 0 Å². The predicted molar refractivity (Wildman–Crippen MR) is 89.4 cm³/mol. The van der Waals surface area contributed by atoms with Gasteiger partial charge in [0.2, 0.25) is 0 Å². The zero-order chi connectivity index (χ0) is 19.1. The number of amides is 1. The van der Waals surface area contributed by atoms with Crippen LogP contribution in [-0.4, -0.2) is 32.1 Å². The lowest BCUT2D eigenvalue weighted by Crippen LogP contribution is -2.42. The topological polar surface area (TPSA) is 51.0 Å². The molecule has 1 aromatic heterocycles. The molecule has 26 heavy (non-hydrogen) atoms. The van der Waals surface area contributed by atoms with Gasteiger partial charge in [-0.1, -0.05) is 13.8 Å². The van der Waals surface area contributed by atoms with E-state index in [1.54, 1.807) is 4.90 Å². The molecule has 0 saturated heterocycles. The Morgan fingerprint density at radius 3 is 2.46 bits per heavy atom. The first-order valence-corrected chi connectivity index (χ1v) is 8.53. The Bertz CT molecular complexity index is 796. The zero-order valence-electron chi connectivity index (χ0n) is 14.9. The summed E-state index contributed by atoms with van der Waals surface area (Å²) in [5.74, 6) is 1.65. The molecule has 0 saturated carbocycles. The number of carbonyl (C=O) groups is 1. The smallest absolute Gasteiger partial charge is 0.329 e. The van der Waals surface area contributed by atoms with Gasteiger partial charge in [0, 0.05) is 12.1 Å². The highest BCUT2D eigenvalue weighted by Crippen LogP contribution is 2.30. The monoisotopic (exact) mass is 366 g/mol. The number of alkyl halides is 3.